The molecule has 9 heteroatoms. The van der Waals surface area contributed by atoms with E-state index < -0.39 is 29.2 Å². The van der Waals surface area contributed by atoms with Crippen molar-refractivity contribution in [3.63, 3.8) is 0 Å². The van der Waals surface area contributed by atoms with Crippen molar-refractivity contribution in [2.45, 2.75) is 19.8 Å². The number of rotatable bonds is 6. The number of hydrogen-bond donors (Lipinski definition) is 1. The van der Waals surface area contributed by atoms with Crippen molar-refractivity contribution in [3.05, 3.63) is 64.0 Å². The van der Waals surface area contributed by atoms with Crippen LogP contribution in [0, 0.1) is 21.8 Å². The molecule has 0 bridgehead atoms. The minimum absolute atomic E-state index is 0.0194. The molecule has 0 radical (unpaired) electrons. The second-order valence-electron chi connectivity index (χ2n) is 7.29. The minimum Gasteiger partial charge on any atom is -0.452 e. The fourth-order valence-corrected chi connectivity index (χ4v) is 3.45. The number of nitro groups is 1. The van der Waals surface area contributed by atoms with Crippen molar-refractivity contribution in [2.24, 2.45) is 5.92 Å². The molecule has 1 fully saturated rings. The molecule has 0 unspecified atom stereocenters. The molecule has 0 saturated carbocycles. The second kappa shape index (κ2) is 9.34. The normalized spacial score (nSPS) is 16.1. The average molecular weight is 415 g/mol. The molecule has 1 atom stereocenters. The lowest BCUT2D eigenvalue weighted by Gasteiger charge is -2.32. The van der Waals surface area contributed by atoms with Gasteiger partial charge in [0, 0.05) is 24.8 Å². The first-order valence-corrected chi connectivity index (χ1v) is 9.59. The van der Waals surface area contributed by atoms with Crippen molar-refractivity contribution in [1.29, 1.82) is 0 Å². The lowest BCUT2D eigenvalue weighted by atomic mass is 9.99. The molecule has 0 aromatic heterocycles. The largest absolute Gasteiger partial charge is 0.452 e. The zero-order valence-electron chi connectivity index (χ0n) is 16.5. The van der Waals surface area contributed by atoms with Crippen LogP contribution in [0.5, 0.6) is 0 Å². The van der Waals surface area contributed by atoms with Gasteiger partial charge in [-0.3, -0.25) is 14.9 Å². The summed E-state index contributed by atoms with van der Waals surface area (Å²) in [5, 5.41) is 14.0. The van der Waals surface area contributed by atoms with E-state index in [2.05, 4.69) is 12.2 Å². The quantitative estimate of drug-likeness (QED) is 0.438. The number of halogens is 1. The first-order chi connectivity index (χ1) is 14.3. The van der Waals surface area contributed by atoms with Gasteiger partial charge in [0.2, 0.25) is 0 Å². The number of esters is 1. The average Bonchev–Trinajstić information content (AvgIpc) is 2.71. The summed E-state index contributed by atoms with van der Waals surface area (Å²) in [6, 6.07) is 9.45. The van der Waals surface area contributed by atoms with Crippen LogP contribution in [-0.2, 0) is 9.53 Å². The number of piperidine rings is 1. The smallest absolute Gasteiger partial charge is 0.338 e. The standard InChI is InChI=1S/C21H22FN3O5/c1-14-4-3-9-24(12-14)18-8-7-15(10-19(18)25(28)29)21(27)30-13-20(26)23-17-6-2-5-16(22)11-17/h2,5-8,10-11,14H,3-4,9,12-13H2,1H3,(H,23,26)/t14-/m0/s1. The summed E-state index contributed by atoms with van der Waals surface area (Å²) >= 11 is 0. The van der Waals surface area contributed by atoms with E-state index in [-0.39, 0.29) is 16.9 Å². The predicted octanol–water partition coefficient (Wildman–Crippen LogP) is 3.77. The van der Waals surface area contributed by atoms with E-state index in [0.717, 1.165) is 25.5 Å². The van der Waals surface area contributed by atoms with E-state index >= 15 is 0 Å². The van der Waals surface area contributed by atoms with Gasteiger partial charge in [-0.25, -0.2) is 9.18 Å². The summed E-state index contributed by atoms with van der Waals surface area (Å²) in [5.74, 6) is -1.59. The van der Waals surface area contributed by atoms with E-state index in [1.165, 1.54) is 30.3 Å². The third kappa shape index (κ3) is 5.31. The summed E-state index contributed by atoms with van der Waals surface area (Å²) in [5.41, 5.74) is 0.496. The van der Waals surface area contributed by atoms with Crippen molar-refractivity contribution in [1.82, 2.24) is 0 Å². The highest BCUT2D eigenvalue weighted by Crippen LogP contribution is 2.32. The van der Waals surface area contributed by atoms with E-state index in [1.807, 2.05) is 4.90 Å². The molecular weight excluding hydrogens is 393 g/mol. The molecule has 1 N–H and O–H groups in total. The Morgan fingerprint density at radius 1 is 1.30 bits per heavy atom. The number of benzene rings is 2. The Bertz CT molecular complexity index is 965. The number of amides is 1. The Morgan fingerprint density at radius 2 is 2.10 bits per heavy atom. The molecule has 8 nitrogen and oxygen atoms in total. The lowest BCUT2D eigenvalue weighted by Crippen LogP contribution is -2.34. The maximum atomic E-state index is 13.1. The molecule has 1 saturated heterocycles. The number of nitrogens with zero attached hydrogens (tertiary/aromatic N) is 2. The lowest BCUT2D eigenvalue weighted by molar-refractivity contribution is -0.384. The van der Waals surface area contributed by atoms with Crippen molar-refractivity contribution in [3.8, 4) is 0 Å². The Balaban J connectivity index is 1.66. The van der Waals surface area contributed by atoms with Crippen LogP contribution < -0.4 is 10.2 Å². The van der Waals surface area contributed by atoms with Crippen LogP contribution in [0.4, 0.5) is 21.5 Å². The maximum absolute atomic E-state index is 13.1. The SMILES string of the molecule is C[C@H]1CCCN(c2ccc(C(=O)OCC(=O)Nc3cccc(F)c3)cc2[N+](=O)[O-])C1. The third-order valence-corrected chi connectivity index (χ3v) is 4.85. The molecule has 2 aromatic rings. The first kappa shape index (κ1) is 21.2. The van der Waals surface area contributed by atoms with Crippen molar-refractivity contribution >= 4 is 28.9 Å². The highest BCUT2D eigenvalue weighted by atomic mass is 19.1. The summed E-state index contributed by atoms with van der Waals surface area (Å²) in [4.78, 5) is 37.1. The van der Waals surface area contributed by atoms with Crippen LogP contribution in [0.15, 0.2) is 42.5 Å². The molecule has 2 aromatic carbocycles. The van der Waals surface area contributed by atoms with E-state index in [1.54, 1.807) is 6.07 Å². The summed E-state index contributed by atoms with van der Waals surface area (Å²) in [6.07, 6.45) is 2.02. The Morgan fingerprint density at radius 3 is 2.80 bits per heavy atom. The number of nitro benzene ring substituents is 1. The fraction of sp³-hybridized carbons (Fsp3) is 0.333. The number of anilines is 2. The monoisotopic (exact) mass is 415 g/mol. The van der Waals surface area contributed by atoms with E-state index in [4.69, 9.17) is 4.74 Å². The highest BCUT2D eigenvalue weighted by molar-refractivity contribution is 5.96. The van der Waals surface area contributed by atoms with E-state index in [0.29, 0.717) is 18.2 Å². The number of carbonyl (C=O) groups excluding carboxylic acids is 2. The zero-order valence-corrected chi connectivity index (χ0v) is 16.5. The molecule has 1 aliphatic heterocycles. The van der Waals surface area contributed by atoms with Gasteiger partial charge >= 0.3 is 5.97 Å². The molecule has 3 rings (SSSR count). The first-order valence-electron chi connectivity index (χ1n) is 9.59. The molecule has 30 heavy (non-hydrogen) atoms. The van der Waals surface area contributed by atoms with Crippen molar-refractivity contribution in [2.75, 3.05) is 29.9 Å². The molecule has 1 heterocycles. The van der Waals surface area contributed by atoms with Crippen LogP contribution in [-0.4, -0.2) is 36.5 Å². The molecule has 0 spiro atoms. The summed E-state index contributed by atoms with van der Waals surface area (Å²) in [7, 11) is 0. The van der Waals surface area contributed by atoms with Gasteiger partial charge in [0.15, 0.2) is 6.61 Å². The number of hydrogen-bond acceptors (Lipinski definition) is 6. The molecule has 0 aliphatic carbocycles. The van der Waals surface area contributed by atoms with Crippen LogP contribution in [0.25, 0.3) is 0 Å². The summed E-state index contributed by atoms with van der Waals surface area (Å²) < 4.78 is 18.1. The third-order valence-electron chi connectivity index (χ3n) is 4.85. The van der Waals surface area contributed by atoms with Gasteiger partial charge in [0.25, 0.3) is 11.6 Å². The minimum atomic E-state index is -0.856. The van der Waals surface area contributed by atoms with Crippen LogP contribution in [0.1, 0.15) is 30.1 Å². The summed E-state index contributed by atoms with van der Waals surface area (Å²) in [6.45, 7) is 2.92. The highest BCUT2D eigenvalue weighted by Gasteiger charge is 2.25. The molecule has 1 aliphatic rings. The molecule has 1 amide bonds. The van der Waals surface area contributed by atoms with Crippen molar-refractivity contribution < 1.29 is 23.6 Å². The molecular formula is C21H22FN3O5. The topological polar surface area (TPSA) is 102 Å². The second-order valence-corrected chi connectivity index (χ2v) is 7.29. The van der Waals surface area contributed by atoms with Gasteiger partial charge in [-0.2, -0.15) is 0 Å². The fourth-order valence-electron chi connectivity index (χ4n) is 3.45. The number of nitrogens with one attached hydrogen (secondary N) is 1. The number of carbonyl (C=O) groups is 2. The predicted molar refractivity (Wildman–Crippen MR) is 109 cm³/mol. The Labute approximate surface area is 172 Å². The van der Waals surface area contributed by atoms with Gasteiger partial charge in [-0.15, -0.1) is 0 Å². The van der Waals surface area contributed by atoms with Crippen LogP contribution in [0.3, 0.4) is 0 Å². The maximum Gasteiger partial charge on any atom is 0.338 e. The van der Waals surface area contributed by atoms with Gasteiger partial charge in [-0.1, -0.05) is 13.0 Å². The zero-order chi connectivity index (χ0) is 21.7. The van der Waals surface area contributed by atoms with E-state index in [9.17, 15) is 24.1 Å². The Kier molecular flexibility index (Phi) is 6.61. The van der Waals surface area contributed by atoms with Crippen LogP contribution >= 0.6 is 0 Å². The van der Waals surface area contributed by atoms with Gasteiger partial charge < -0.3 is 15.0 Å². The van der Waals surface area contributed by atoms with Crippen LogP contribution in [0.2, 0.25) is 0 Å². The molecule has 158 valence electrons. The van der Waals surface area contributed by atoms with Gasteiger partial charge in [0.05, 0.1) is 10.5 Å². The van der Waals surface area contributed by atoms with Gasteiger partial charge in [-0.05, 0) is 49.1 Å². The van der Waals surface area contributed by atoms with Gasteiger partial charge in [0.1, 0.15) is 11.5 Å². The number of ether oxygens (including phenoxy) is 1. The Hall–Kier alpha value is -3.49.